The van der Waals surface area contributed by atoms with Gasteiger partial charge in [-0.15, -0.1) is 0 Å². The van der Waals surface area contributed by atoms with Gasteiger partial charge in [0.1, 0.15) is 11.9 Å². The van der Waals surface area contributed by atoms with E-state index in [0.29, 0.717) is 43.7 Å². The number of benzene rings is 1. The highest BCUT2D eigenvalue weighted by Crippen LogP contribution is 2.32. The van der Waals surface area contributed by atoms with Gasteiger partial charge in [-0.05, 0) is 35.9 Å². The minimum atomic E-state index is -4.64. The molecule has 1 aromatic carbocycles. The van der Waals surface area contributed by atoms with Crippen molar-refractivity contribution in [1.29, 1.82) is 10.5 Å². The van der Waals surface area contributed by atoms with Crippen LogP contribution < -0.4 is 4.90 Å². The maximum atomic E-state index is 12.8. The number of hydrogen-bond donors (Lipinski definition) is 0. The molecule has 0 unspecified atom stereocenters. The first-order valence-corrected chi connectivity index (χ1v) is 14.0. The Bertz CT molecular complexity index is 1940. The summed E-state index contributed by atoms with van der Waals surface area (Å²) in [7, 11) is 1.87. The number of anilines is 1. The molecule has 4 aromatic heterocycles. The molecule has 0 N–H and O–H groups in total. The fourth-order valence-electron chi connectivity index (χ4n) is 5.05. The molecule has 0 bridgehead atoms. The molecule has 46 heavy (non-hydrogen) atoms. The molecule has 1 aliphatic heterocycles. The molecule has 1 fully saturated rings. The molecule has 11 nitrogen and oxygen atoms in total. The summed E-state index contributed by atoms with van der Waals surface area (Å²) in [5.41, 5.74) is 6.37. The maximum Gasteiger partial charge on any atom is 0.446 e. The third-order valence-corrected chi connectivity index (χ3v) is 7.36. The Morgan fingerprint density at radius 2 is 1.63 bits per heavy atom. The summed E-state index contributed by atoms with van der Waals surface area (Å²) in [5, 5.41) is 27.3. The summed E-state index contributed by atoms with van der Waals surface area (Å²) in [4.78, 5) is 30.3. The number of pyridine rings is 2. The third kappa shape index (κ3) is 7.19. The molecule has 5 aromatic rings. The largest absolute Gasteiger partial charge is 0.446 e. The van der Waals surface area contributed by atoms with Crippen LogP contribution in [0, 0.1) is 22.7 Å². The zero-order valence-corrected chi connectivity index (χ0v) is 24.5. The Balaban J connectivity index is 0.000000635. The Labute approximate surface area is 261 Å². The third-order valence-electron chi connectivity index (χ3n) is 7.36. The van der Waals surface area contributed by atoms with E-state index in [2.05, 4.69) is 27.2 Å². The standard InChI is InChI=1S/C30H25N9O.C2HF3O/c1-36-19-26(18-34-36)24-13-27(30-25(15-32)17-35-39(30)20-24)23-6-7-28(33-16-23)37-8-10-38(11-9-37)29(40)12-21-2-4-22(14-31)5-3-21;3-2(4,5)1-6/h2-7,13,16-20H,8-12H2,1H3;1H. The molecule has 14 heteroatoms. The molecule has 232 valence electrons. The van der Waals surface area contributed by atoms with Gasteiger partial charge in [-0.2, -0.15) is 33.9 Å². The van der Waals surface area contributed by atoms with Gasteiger partial charge in [0.05, 0.1) is 41.5 Å². The average Bonchev–Trinajstić information content (AvgIpc) is 3.71. The molecule has 0 saturated carbocycles. The lowest BCUT2D eigenvalue weighted by molar-refractivity contribution is -0.156. The first kappa shape index (κ1) is 31.4. The van der Waals surface area contributed by atoms with E-state index >= 15 is 0 Å². The van der Waals surface area contributed by atoms with Crippen LogP contribution >= 0.6 is 0 Å². The topological polar surface area (TPSA) is 136 Å². The lowest BCUT2D eigenvalue weighted by atomic mass is 10.0. The monoisotopic (exact) mass is 625 g/mol. The van der Waals surface area contributed by atoms with Crippen LogP contribution in [0.15, 0.2) is 73.4 Å². The fourth-order valence-corrected chi connectivity index (χ4v) is 5.05. The van der Waals surface area contributed by atoms with Gasteiger partial charge in [-0.1, -0.05) is 12.1 Å². The molecule has 0 aliphatic carbocycles. The fraction of sp³-hybridized carbons (Fsp3) is 0.219. The van der Waals surface area contributed by atoms with Crippen LogP contribution in [0.4, 0.5) is 19.0 Å². The number of hydrogen-bond acceptors (Lipinski definition) is 8. The molecule has 0 radical (unpaired) electrons. The second-order valence-electron chi connectivity index (χ2n) is 10.4. The highest BCUT2D eigenvalue weighted by molar-refractivity contribution is 5.87. The van der Waals surface area contributed by atoms with Crippen LogP contribution in [0.2, 0.25) is 0 Å². The van der Waals surface area contributed by atoms with Gasteiger partial charge in [-0.25, -0.2) is 9.50 Å². The zero-order valence-electron chi connectivity index (χ0n) is 24.5. The lowest BCUT2D eigenvalue weighted by Gasteiger charge is -2.35. The van der Waals surface area contributed by atoms with Crippen molar-refractivity contribution in [2.24, 2.45) is 7.05 Å². The number of aryl methyl sites for hydroxylation is 1. The first-order valence-electron chi connectivity index (χ1n) is 14.0. The number of aldehydes is 1. The van der Waals surface area contributed by atoms with Crippen LogP contribution in [-0.4, -0.2) is 73.8 Å². The number of alkyl halides is 3. The first-order chi connectivity index (χ1) is 22.1. The Morgan fingerprint density at radius 3 is 2.20 bits per heavy atom. The summed E-state index contributed by atoms with van der Waals surface area (Å²) in [6.45, 7) is 2.61. The van der Waals surface area contributed by atoms with E-state index in [1.807, 2.05) is 60.9 Å². The number of fused-ring (bicyclic) bond motifs is 1. The number of carbonyl (C=O) groups is 2. The predicted octanol–water partition coefficient (Wildman–Crippen LogP) is 4.18. The van der Waals surface area contributed by atoms with E-state index in [0.717, 1.165) is 39.2 Å². The van der Waals surface area contributed by atoms with Crippen LogP contribution in [-0.2, 0) is 23.1 Å². The summed E-state index contributed by atoms with van der Waals surface area (Å²) >= 11 is 0. The number of piperazine rings is 1. The molecule has 0 spiro atoms. The Kier molecular flexibility index (Phi) is 9.09. The van der Waals surface area contributed by atoms with Crippen molar-refractivity contribution in [3.63, 3.8) is 0 Å². The molecule has 1 saturated heterocycles. The quantitative estimate of drug-likeness (QED) is 0.266. The number of nitriles is 2. The van der Waals surface area contributed by atoms with E-state index in [1.54, 1.807) is 33.7 Å². The molecular formula is C32H26F3N9O2. The van der Waals surface area contributed by atoms with Gasteiger partial charge in [0.25, 0.3) is 0 Å². The van der Waals surface area contributed by atoms with Gasteiger partial charge < -0.3 is 9.80 Å². The van der Waals surface area contributed by atoms with E-state index < -0.39 is 12.5 Å². The van der Waals surface area contributed by atoms with Gasteiger partial charge in [-0.3, -0.25) is 14.3 Å². The summed E-state index contributed by atoms with van der Waals surface area (Å²) < 4.78 is 34.7. The van der Waals surface area contributed by atoms with Crippen molar-refractivity contribution in [3.05, 3.63) is 90.1 Å². The smallest absolute Gasteiger partial charge is 0.353 e. The number of amides is 1. The van der Waals surface area contributed by atoms with E-state index in [-0.39, 0.29) is 5.91 Å². The number of rotatable bonds is 5. The normalized spacial score (nSPS) is 13.0. The van der Waals surface area contributed by atoms with Crippen molar-refractivity contribution in [3.8, 4) is 34.4 Å². The van der Waals surface area contributed by atoms with E-state index in [4.69, 9.17) is 15.0 Å². The van der Waals surface area contributed by atoms with Crippen molar-refractivity contribution in [2.45, 2.75) is 12.6 Å². The van der Waals surface area contributed by atoms with Crippen LogP contribution in [0.25, 0.3) is 27.8 Å². The summed E-state index contributed by atoms with van der Waals surface area (Å²) in [5.74, 6) is 0.927. The highest BCUT2D eigenvalue weighted by atomic mass is 19.4. The summed E-state index contributed by atoms with van der Waals surface area (Å²) in [6.07, 6.45) is 3.67. The van der Waals surface area contributed by atoms with Gasteiger partial charge in [0, 0.05) is 74.1 Å². The zero-order chi connectivity index (χ0) is 32.8. The van der Waals surface area contributed by atoms with E-state index in [9.17, 15) is 23.2 Å². The number of carbonyl (C=O) groups excluding carboxylic acids is 2. The minimum absolute atomic E-state index is 0.0827. The van der Waals surface area contributed by atoms with Crippen molar-refractivity contribution < 1.29 is 22.8 Å². The highest BCUT2D eigenvalue weighted by Gasteiger charge is 2.25. The molecule has 5 heterocycles. The number of halogens is 3. The predicted molar refractivity (Wildman–Crippen MR) is 161 cm³/mol. The lowest BCUT2D eigenvalue weighted by Crippen LogP contribution is -2.49. The molecule has 1 aliphatic rings. The second-order valence-corrected chi connectivity index (χ2v) is 10.4. The Hall–Kier alpha value is -6.02. The van der Waals surface area contributed by atoms with Crippen molar-refractivity contribution in [2.75, 3.05) is 31.1 Å². The van der Waals surface area contributed by atoms with Gasteiger partial charge in [0.15, 0.2) is 0 Å². The number of aromatic nitrogens is 5. The summed E-state index contributed by atoms with van der Waals surface area (Å²) in [6, 6.07) is 17.5. The average molecular weight is 626 g/mol. The van der Waals surface area contributed by atoms with Gasteiger partial charge >= 0.3 is 6.18 Å². The Morgan fingerprint density at radius 1 is 0.913 bits per heavy atom. The van der Waals surface area contributed by atoms with Gasteiger partial charge in [0.2, 0.25) is 12.2 Å². The SMILES string of the molecule is Cn1cc(-c2cc(-c3ccc(N4CCN(C(=O)Cc5ccc(C#N)cc5)CC4)nc3)c3c(C#N)cnn3c2)cn1.O=CC(F)(F)F. The second kappa shape index (κ2) is 13.3. The molecule has 0 atom stereocenters. The van der Waals surface area contributed by atoms with Crippen LogP contribution in [0.1, 0.15) is 16.7 Å². The number of nitrogens with zero attached hydrogens (tertiary/aromatic N) is 9. The molecule has 6 rings (SSSR count). The molecular weight excluding hydrogens is 599 g/mol. The maximum absolute atomic E-state index is 12.8. The van der Waals surface area contributed by atoms with Crippen LogP contribution in [0.3, 0.4) is 0 Å². The van der Waals surface area contributed by atoms with E-state index in [1.165, 1.54) is 0 Å². The van der Waals surface area contributed by atoms with Crippen molar-refractivity contribution in [1.82, 2.24) is 29.3 Å². The van der Waals surface area contributed by atoms with Crippen LogP contribution in [0.5, 0.6) is 0 Å². The van der Waals surface area contributed by atoms with Crippen molar-refractivity contribution >= 4 is 23.5 Å². The molecule has 1 amide bonds. The minimum Gasteiger partial charge on any atom is -0.353 e.